The molecule has 1 aliphatic carbocycles. The van der Waals surface area contributed by atoms with Crippen LogP contribution in [0.15, 0.2) is 24.3 Å². The molecule has 27 heavy (non-hydrogen) atoms. The van der Waals surface area contributed by atoms with Crippen molar-refractivity contribution in [3.8, 4) is 5.75 Å². The van der Waals surface area contributed by atoms with Crippen LogP contribution in [-0.2, 0) is 14.0 Å². The molecule has 0 bridgehead atoms. The number of rotatable bonds is 7. The lowest BCUT2D eigenvalue weighted by Crippen LogP contribution is -2.43. The average Bonchev–Trinajstić information content (AvgIpc) is 2.95. The van der Waals surface area contributed by atoms with Crippen molar-refractivity contribution in [1.82, 2.24) is 0 Å². The Morgan fingerprint density at radius 3 is 2.37 bits per heavy atom. The van der Waals surface area contributed by atoms with Crippen molar-refractivity contribution in [2.75, 3.05) is 13.2 Å². The van der Waals surface area contributed by atoms with Gasteiger partial charge in [-0.2, -0.15) is 0 Å². The molecule has 0 N–H and O–H groups in total. The first-order chi connectivity index (χ1) is 12.5. The van der Waals surface area contributed by atoms with Gasteiger partial charge in [0.1, 0.15) is 5.75 Å². The van der Waals surface area contributed by atoms with E-state index in [4.69, 9.17) is 25.5 Å². The predicted octanol–water partition coefficient (Wildman–Crippen LogP) is 5.70. The molecule has 1 aromatic carbocycles. The van der Waals surface area contributed by atoms with Crippen LogP contribution in [0.25, 0.3) is 0 Å². The van der Waals surface area contributed by atoms with Crippen LogP contribution in [0.5, 0.6) is 5.75 Å². The molecule has 0 spiro atoms. The van der Waals surface area contributed by atoms with Gasteiger partial charge in [-0.3, -0.25) is 4.79 Å². The van der Waals surface area contributed by atoms with Crippen LogP contribution in [-0.4, -0.2) is 33.6 Å². The fraction of sp³-hybridized carbons (Fsp3) is 0.667. The summed E-state index contributed by atoms with van der Waals surface area (Å²) in [6.07, 6.45) is 1.61. The van der Waals surface area contributed by atoms with Gasteiger partial charge in [0.15, 0.2) is 8.32 Å². The van der Waals surface area contributed by atoms with Crippen molar-refractivity contribution in [3.05, 3.63) is 29.3 Å². The van der Waals surface area contributed by atoms with Crippen LogP contribution < -0.4 is 4.74 Å². The van der Waals surface area contributed by atoms with Crippen molar-refractivity contribution in [2.45, 2.75) is 64.8 Å². The standard InChI is InChI=1S/C21H33ClO4Si/c1-7-24-20(23)19-13-18(26-27(5,6)21(2,3)4)12-15(19)14-25-17-10-8-16(22)9-11-17/h8-11,15,18-19H,7,12-14H2,1-6H3/t15-,18?,19+/m0/s1. The van der Waals surface area contributed by atoms with Crippen LogP contribution >= 0.6 is 11.6 Å². The minimum Gasteiger partial charge on any atom is -0.493 e. The van der Waals surface area contributed by atoms with Crippen LogP contribution in [0.3, 0.4) is 0 Å². The van der Waals surface area contributed by atoms with E-state index in [0.717, 1.165) is 12.2 Å². The maximum absolute atomic E-state index is 12.5. The third-order valence-corrected chi connectivity index (χ3v) is 10.6. The van der Waals surface area contributed by atoms with Crippen LogP contribution in [0.2, 0.25) is 23.2 Å². The molecule has 0 aromatic heterocycles. The van der Waals surface area contributed by atoms with E-state index >= 15 is 0 Å². The molecular formula is C21H33ClO4Si. The van der Waals surface area contributed by atoms with Crippen LogP contribution in [0, 0.1) is 11.8 Å². The smallest absolute Gasteiger partial charge is 0.309 e. The lowest BCUT2D eigenvalue weighted by atomic mass is 9.97. The number of carbonyl (C=O) groups excluding carboxylic acids is 1. The molecule has 152 valence electrons. The molecule has 1 saturated carbocycles. The molecule has 4 nitrogen and oxygen atoms in total. The van der Waals surface area contributed by atoms with E-state index in [1.165, 1.54) is 0 Å². The molecule has 0 radical (unpaired) electrons. The number of hydrogen-bond donors (Lipinski definition) is 0. The molecule has 3 atom stereocenters. The Kier molecular flexibility index (Phi) is 7.39. The maximum Gasteiger partial charge on any atom is 0.309 e. The van der Waals surface area contributed by atoms with Gasteiger partial charge in [-0.15, -0.1) is 0 Å². The summed E-state index contributed by atoms with van der Waals surface area (Å²) in [5, 5.41) is 0.820. The molecule has 1 aromatic rings. The van der Waals surface area contributed by atoms with Crippen molar-refractivity contribution in [1.29, 1.82) is 0 Å². The summed E-state index contributed by atoms with van der Waals surface area (Å²) >= 11 is 5.93. The second-order valence-corrected chi connectivity index (χ2v) is 14.0. The summed E-state index contributed by atoms with van der Waals surface area (Å²) in [6.45, 7) is 13.9. The summed E-state index contributed by atoms with van der Waals surface area (Å²) in [6, 6.07) is 7.30. The maximum atomic E-state index is 12.5. The first kappa shape index (κ1) is 22.2. The topological polar surface area (TPSA) is 44.8 Å². The van der Waals surface area contributed by atoms with E-state index in [1.54, 1.807) is 12.1 Å². The van der Waals surface area contributed by atoms with E-state index in [1.807, 2.05) is 19.1 Å². The van der Waals surface area contributed by atoms with Gasteiger partial charge >= 0.3 is 5.97 Å². The second-order valence-electron chi connectivity index (χ2n) is 8.86. The fourth-order valence-electron chi connectivity index (χ4n) is 3.22. The molecule has 1 unspecified atom stereocenters. The van der Waals surface area contributed by atoms with Gasteiger partial charge in [0.05, 0.1) is 19.1 Å². The molecule has 0 heterocycles. The SMILES string of the molecule is CCOC(=O)[C@@H]1CC(O[Si](C)(C)C(C)(C)C)C[C@H]1COc1ccc(Cl)cc1. The van der Waals surface area contributed by atoms with E-state index in [9.17, 15) is 4.79 Å². The Hall–Kier alpha value is -1.04. The summed E-state index contributed by atoms with van der Waals surface area (Å²) < 4.78 is 17.8. The lowest BCUT2D eigenvalue weighted by Gasteiger charge is -2.38. The zero-order valence-corrected chi connectivity index (χ0v) is 19.1. The summed E-state index contributed by atoms with van der Waals surface area (Å²) in [5.74, 6) is 0.542. The number of ether oxygens (including phenoxy) is 2. The Bertz CT molecular complexity index is 624. The van der Waals surface area contributed by atoms with E-state index in [-0.39, 0.29) is 28.9 Å². The molecule has 2 rings (SSSR count). The number of carbonyl (C=O) groups is 1. The number of benzene rings is 1. The van der Waals surface area contributed by atoms with E-state index in [2.05, 4.69) is 33.9 Å². The first-order valence-corrected chi connectivity index (χ1v) is 13.0. The van der Waals surface area contributed by atoms with Gasteiger partial charge in [0, 0.05) is 17.0 Å². The Morgan fingerprint density at radius 1 is 1.19 bits per heavy atom. The predicted molar refractivity (Wildman–Crippen MR) is 112 cm³/mol. The van der Waals surface area contributed by atoms with Crippen molar-refractivity contribution in [2.24, 2.45) is 11.8 Å². The third-order valence-electron chi connectivity index (χ3n) is 5.79. The fourth-order valence-corrected chi connectivity index (χ4v) is 4.73. The number of esters is 1. The highest BCUT2D eigenvalue weighted by atomic mass is 35.5. The van der Waals surface area contributed by atoms with Gasteiger partial charge in [-0.05, 0) is 62.2 Å². The van der Waals surface area contributed by atoms with Gasteiger partial charge < -0.3 is 13.9 Å². The average molecular weight is 413 g/mol. The minimum absolute atomic E-state index is 0.0825. The Morgan fingerprint density at radius 2 is 1.81 bits per heavy atom. The normalized spacial score (nSPS) is 23.3. The van der Waals surface area contributed by atoms with Gasteiger partial charge in [-0.25, -0.2) is 0 Å². The summed E-state index contributed by atoms with van der Waals surface area (Å²) in [4.78, 5) is 12.5. The zero-order chi connectivity index (χ0) is 20.2. The Labute approximate surface area is 169 Å². The van der Waals surface area contributed by atoms with Crippen LogP contribution in [0.1, 0.15) is 40.5 Å². The quantitative estimate of drug-likeness (QED) is 0.425. The highest BCUT2D eigenvalue weighted by molar-refractivity contribution is 6.74. The number of halogens is 1. The molecule has 0 amide bonds. The zero-order valence-electron chi connectivity index (χ0n) is 17.4. The molecule has 0 aliphatic heterocycles. The first-order valence-electron chi connectivity index (χ1n) is 9.76. The number of hydrogen-bond acceptors (Lipinski definition) is 4. The van der Waals surface area contributed by atoms with Gasteiger partial charge in [0.25, 0.3) is 0 Å². The highest BCUT2D eigenvalue weighted by Crippen LogP contribution is 2.42. The van der Waals surface area contributed by atoms with Crippen molar-refractivity contribution in [3.63, 3.8) is 0 Å². The van der Waals surface area contributed by atoms with E-state index < -0.39 is 8.32 Å². The highest BCUT2D eigenvalue weighted by Gasteiger charge is 2.45. The van der Waals surface area contributed by atoms with Crippen LogP contribution in [0.4, 0.5) is 0 Å². The summed E-state index contributed by atoms with van der Waals surface area (Å²) in [5.41, 5.74) is 0. The van der Waals surface area contributed by atoms with Gasteiger partial charge in [0.2, 0.25) is 0 Å². The minimum atomic E-state index is -1.88. The second kappa shape index (κ2) is 8.97. The Balaban J connectivity index is 2.05. The molecular weight excluding hydrogens is 380 g/mol. The van der Waals surface area contributed by atoms with Crippen molar-refractivity contribution < 1.29 is 18.7 Å². The molecule has 1 aliphatic rings. The van der Waals surface area contributed by atoms with Gasteiger partial charge in [-0.1, -0.05) is 32.4 Å². The third kappa shape index (κ3) is 5.97. The van der Waals surface area contributed by atoms with E-state index in [0.29, 0.717) is 24.7 Å². The summed E-state index contributed by atoms with van der Waals surface area (Å²) in [7, 11) is -1.88. The lowest BCUT2D eigenvalue weighted by molar-refractivity contribution is -0.149. The molecule has 1 fully saturated rings. The molecule has 6 heteroatoms. The van der Waals surface area contributed by atoms with Crippen molar-refractivity contribution >= 4 is 25.9 Å². The molecule has 0 saturated heterocycles. The largest absolute Gasteiger partial charge is 0.493 e. The monoisotopic (exact) mass is 412 g/mol.